The number of hydrogen-bond acceptors (Lipinski definition) is 8. The zero-order valence-corrected chi connectivity index (χ0v) is 24.9. The van der Waals surface area contributed by atoms with Crippen LogP contribution in [0.25, 0.3) is 11.3 Å². The minimum atomic E-state index is -0.465. The highest BCUT2D eigenvalue weighted by Crippen LogP contribution is 2.39. The third-order valence-electron chi connectivity index (χ3n) is 7.66. The van der Waals surface area contributed by atoms with Gasteiger partial charge in [-0.05, 0) is 61.4 Å². The van der Waals surface area contributed by atoms with Crippen molar-refractivity contribution in [2.24, 2.45) is 0 Å². The normalized spacial score (nSPS) is 17.6. The van der Waals surface area contributed by atoms with E-state index in [0.29, 0.717) is 57.5 Å². The highest BCUT2D eigenvalue weighted by Gasteiger charge is 2.30. The lowest BCUT2D eigenvalue weighted by Crippen LogP contribution is -2.50. The van der Waals surface area contributed by atoms with Gasteiger partial charge in [-0.2, -0.15) is 0 Å². The first-order valence-corrected chi connectivity index (χ1v) is 14.3. The third-order valence-corrected chi connectivity index (χ3v) is 7.66. The summed E-state index contributed by atoms with van der Waals surface area (Å²) in [5.41, 5.74) is 5.35. The molecular weight excluding hydrogens is 546 g/mol. The number of carbonyl (C=O) groups excluding carboxylic acids is 3. The molecule has 0 radical (unpaired) electrons. The molecule has 0 saturated carbocycles. The number of amides is 2. The SMILES string of the molecule is COC(=O)c1cc2c(cc1C)/C(=C(\Nc1ccc(C(=O)N(C)OCCN3CCNC(C)C3)cc1)c1ccccc1)C(=O)N2. The second-order valence-electron chi connectivity index (χ2n) is 10.8. The van der Waals surface area contributed by atoms with E-state index in [4.69, 9.17) is 9.57 Å². The maximum atomic E-state index is 13.3. The molecular formula is C33H37N5O5. The van der Waals surface area contributed by atoms with Crippen molar-refractivity contribution in [3.63, 3.8) is 0 Å². The van der Waals surface area contributed by atoms with Gasteiger partial charge >= 0.3 is 5.97 Å². The van der Waals surface area contributed by atoms with Gasteiger partial charge in [0.15, 0.2) is 0 Å². The summed E-state index contributed by atoms with van der Waals surface area (Å²) in [6.45, 7) is 8.01. The van der Waals surface area contributed by atoms with Crippen molar-refractivity contribution < 1.29 is 24.0 Å². The largest absolute Gasteiger partial charge is 0.465 e. The number of fused-ring (bicyclic) bond motifs is 1. The molecule has 0 aromatic heterocycles. The smallest absolute Gasteiger partial charge is 0.338 e. The van der Waals surface area contributed by atoms with Crippen LogP contribution < -0.4 is 16.0 Å². The van der Waals surface area contributed by atoms with Gasteiger partial charge in [-0.25, -0.2) is 9.86 Å². The average molecular weight is 584 g/mol. The number of piperazine rings is 1. The summed E-state index contributed by atoms with van der Waals surface area (Å²) in [7, 11) is 2.95. The summed E-state index contributed by atoms with van der Waals surface area (Å²) in [6.07, 6.45) is 0. The lowest BCUT2D eigenvalue weighted by molar-refractivity contribution is -0.110. The topological polar surface area (TPSA) is 112 Å². The zero-order valence-electron chi connectivity index (χ0n) is 24.9. The Morgan fingerprint density at radius 3 is 2.51 bits per heavy atom. The molecule has 2 amide bonds. The molecule has 3 N–H and O–H groups in total. The number of anilines is 2. The van der Waals surface area contributed by atoms with Crippen LogP contribution in [-0.2, 0) is 14.4 Å². The highest BCUT2D eigenvalue weighted by molar-refractivity contribution is 6.37. The molecule has 224 valence electrons. The maximum Gasteiger partial charge on any atom is 0.338 e. The Morgan fingerprint density at radius 1 is 1.07 bits per heavy atom. The van der Waals surface area contributed by atoms with Crippen molar-refractivity contribution >= 4 is 40.4 Å². The van der Waals surface area contributed by atoms with Crippen LogP contribution in [0.3, 0.4) is 0 Å². The van der Waals surface area contributed by atoms with Gasteiger partial charge < -0.3 is 20.7 Å². The number of ether oxygens (including phenoxy) is 1. The quantitative estimate of drug-likeness (QED) is 0.197. The first-order chi connectivity index (χ1) is 20.7. The molecule has 2 aliphatic heterocycles. The van der Waals surface area contributed by atoms with Crippen molar-refractivity contribution in [3.05, 3.63) is 94.5 Å². The molecule has 5 rings (SSSR count). The summed E-state index contributed by atoms with van der Waals surface area (Å²) >= 11 is 0. The Morgan fingerprint density at radius 2 is 1.81 bits per heavy atom. The minimum absolute atomic E-state index is 0.247. The Hall–Kier alpha value is -4.51. The van der Waals surface area contributed by atoms with Crippen LogP contribution in [0.5, 0.6) is 0 Å². The van der Waals surface area contributed by atoms with E-state index in [-0.39, 0.29) is 11.8 Å². The number of nitrogens with zero attached hydrogens (tertiary/aromatic N) is 2. The fraction of sp³-hybridized carbons (Fsp3) is 0.303. The van der Waals surface area contributed by atoms with E-state index in [1.165, 1.54) is 12.2 Å². The number of nitrogens with one attached hydrogen (secondary N) is 3. The van der Waals surface area contributed by atoms with Crippen LogP contribution in [0.2, 0.25) is 0 Å². The van der Waals surface area contributed by atoms with Gasteiger partial charge in [0.1, 0.15) is 0 Å². The summed E-state index contributed by atoms with van der Waals surface area (Å²) in [6, 6.07) is 20.5. The molecule has 3 aromatic carbocycles. The van der Waals surface area contributed by atoms with Crippen molar-refractivity contribution in [2.75, 3.05) is 57.6 Å². The summed E-state index contributed by atoms with van der Waals surface area (Å²) in [4.78, 5) is 46.6. The van der Waals surface area contributed by atoms with Gasteiger partial charge in [-0.3, -0.25) is 19.3 Å². The highest BCUT2D eigenvalue weighted by atomic mass is 16.7. The summed E-state index contributed by atoms with van der Waals surface area (Å²) in [5.74, 6) is -1.00. The molecule has 10 nitrogen and oxygen atoms in total. The van der Waals surface area contributed by atoms with Crippen LogP contribution in [0, 0.1) is 6.92 Å². The molecule has 0 aliphatic carbocycles. The van der Waals surface area contributed by atoms with Gasteiger partial charge in [0, 0.05) is 56.1 Å². The van der Waals surface area contributed by atoms with Crippen LogP contribution in [0.15, 0.2) is 66.7 Å². The Labute approximate surface area is 251 Å². The standard InChI is InChI=1S/C33H37N5O5/c1-21-18-27-28(19-26(21)33(41)42-4)36-31(39)29(27)30(23-8-6-5-7-9-23)35-25-12-10-24(11-13-25)32(40)37(3)43-17-16-38-15-14-34-22(2)20-38/h5-13,18-19,22,34-35H,14-17,20H2,1-4H3,(H,36,39)/b30-29+. The molecule has 1 unspecified atom stereocenters. The van der Waals surface area contributed by atoms with E-state index in [0.717, 1.165) is 31.7 Å². The lowest BCUT2D eigenvalue weighted by atomic mass is 9.96. The van der Waals surface area contributed by atoms with Crippen molar-refractivity contribution in [2.45, 2.75) is 19.9 Å². The van der Waals surface area contributed by atoms with Crippen LogP contribution in [0.4, 0.5) is 11.4 Å². The van der Waals surface area contributed by atoms with E-state index in [1.54, 1.807) is 37.4 Å². The van der Waals surface area contributed by atoms with Crippen LogP contribution in [0.1, 0.15) is 44.3 Å². The monoisotopic (exact) mass is 583 g/mol. The van der Waals surface area contributed by atoms with Crippen LogP contribution in [-0.4, -0.2) is 80.7 Å². The number of benzene rings is 3. The van der Waals surface area contributed by atoms with Crippen molar-refractivity contribution in [1.82, 2.24) is 15.3 Å². The predicted octanol–water partition coefficient (Wildman–Crippen LogP) is 4.01. The molecule has 0 spiro atoms. The number of hydrogen-bond donors (Lipinski definition) is 3. The van der Waals surface area contributed by atoms with Gasteiger partial charge in [0.2, 0.25) is 0 Å². The lowest BCUT2D eigenvalue weighted by Gasteiger charge is -2.31. The summed E-state index contributed by atoms with van der Waals surface area (Å²) < 4.78 is 4.90. The first kappa shape index (κ1) is 30.0. The van der Waals surface area contributed by atoms with Gasteiger partial charge in [-0.15, -0.1) is 0 Å². The number of methoxy groups -OCH3 is 1. The molecule has 3 aromatic rings. The molecule has 2 aliphatic rings. The molecule has 0 bridgehead atoms. The first-order valence-electron chi connectivity index (χ1n) is 14.3. The average Bonchev–Trinajstić information content (AvgIpc) is 3.33. The van der Waals surface area contributed by atoms with E-state index < -0.39 is 5.97 Å². The maximum absolute atomic E-state index is 13.3. The Bertz CT molecular complexity index is 1540. The number of aryl methyl sites for hydroxylation is 1. The van der Waals surface area contributed by atoms with Gasteiger partial charge in [0.05, 0.1) is 36.2 Å². The predicted molar refractivity (Wildman–Crippen MR) is 166 cm³/mol. The van der Waals surface area contributed by atoms with E-state index in [2.05, 4.69) is 27.8 Å². The van der Waals surface area contributed by atoms with Gasteiger partial charge in [0.25, 0.3) is 11.8 Å². The van der Waals surface area contributed by atoms with Crippen molar-refractivity contribution in [1.29, 1.82) is 0 Å². The van der Waals surface area contributed by atoms with Crippen LogP contribution >= 0.6 is 0 Å². The van der Waals surface area contributed by atoms with E-state index >= 15 is 0 Å². The zero-order chi connectivity index (χ0) is 30.5. The Balaban J connectivity index is 1.35. The van der Waals surface area contributed by atoms with E-state index in [1.807, 2.05) is 43.3 Å². The minimum Gasteiger partial charge on any atom is -0.465 e. The number of carbonyl (C=O) groups is 3. The third kappa shape index (κ3) is 6.77. The molecule has 10 heteroatoms. The van der Waals surface area contributed by atoms with Gasteiger partial charge in [-0.1, -0.05) is 30.3 Å². The molecule has 2 heterocycles. The second-order valence-corrected chi connectivity index (χ2v) is 10.8. The molecule has 1 atom stereocenters. The van der Waals surface area contributed by atoms with E-state index in [9.17, 15) is 14.4 Å². The number of rotatable bonds is 9. The second kappa shape index (κ2) is 13.2. The fourth-order valence-corrected chi connectivity index (χ4v) is 5.39. The fourth-order valence-electron chi connectivity index (χ4n) is 5.39. The Kier molecular flexibility index (Phi) is 9.20. The number of hydroxylamine groups is 2. The molecule has 43 heavy (non-hydrogen) atoms. The number of esters is 1. The summed E-state index contributed by atoms with van der Waals surface area (Å²) in [5, 5.41) is 11.0. The molecule has 1 fully saturated rings. The molecule has 1 saturated heterocycles. The van der Waals surface area contributed by atoms with Crippen molar-refractivity contribution in [3.8, 4) is 0 Å².